The van der Waals surface area contributed by atoms with Crippen molar-refractivity contribution < 1.29 is 14.2 Å². The van der Waals surface area contributed by atoms with Crippen LogP contribution in [0.15, 0.2) is 12.7 Å². The first kappa shape index (κ1) is 13.2. The first-order valence-corrected chi connectivity index (χ1v) is 6.37. The van der Waals surface area contributed by atoms with Gasteiger partial charge in [0.1, 0.15) is 12.5 Å². The topological polar surface area (TPSA) is 76.3 Å². The average Bonchev–Trinajstić information content (AvgIpc) is 3.01. The Hall–Kier alpha value is -1.80. The number of ether oxygens (including phenoxy) is 1. The number of nitrogens with zero attached hydrogens (tertiary/aromatic N) is 5. The highest BCUT2D eigenvalue weighted by atomic mass is 19.1. The summed E-state index contributed by atoms with van der Waals surface area (Å²) in [5, 5.41) is 9.08. The quantitative estimate of drug-likeness (QED) is 0.883. The van der Waals surface area contributed by atoms with E-state index in [9.17, 15) is 4.39 Å². The summed E-state index contributed by atoms with van der Waals surface area (Å²) >= 11 is 0. The Bertz CT molecular complexity index is 617. The number of fused-ring (bicyclic) bond motifs is 1. The van der Waals surface area contributed by atoms with Crippen molar-refractivity contribution in [2.45, 2.75) is 24.9 Å². The first-order chi connectivity index (χ1) is 9.61. The summed E-state index contributed by atoms with van der Waals surface area (Å²) in [6, 6.07) is 0. The van der Waals surface area contributed by atoms with Crippen molar-refractivity contribution >= 4 is 17.0 Å². The molecule has 0 aromatic carbocycles. The van der Waals surface area contributed by atoms with Crippen LogP contribution in [0.3, 0.4) is 0 Å². The van der Waals surface area contributed by atoms with E-state index in [4.69, 9.17) is 9.84 Å². The molecule has 1 aliphatic heterocycles. The summed E-state index contributed by atoms with van der Waals surface area (Å²) in [5.41, 5.74) is 1.12. The van der Waals surface area contributed by atoms with Crippen molar-refractivity contribution in [2.75, 3.05) is 25.6 Å². The molecule has 0 saturated carbocycles. The molecule has 8 heteroatoms. The number of aromatic nitrogens is 4. The Morgan fingerprint density at radius 1 is 1.45 bits per heavy atom. The van der Waals surface area contributed by atoms with Crippen molar-refractivity contribution in [3.8, 4) is 0 Å². The molecule has 0 amide bonds. The van der Waals surface area contributed by atoms with Crippen molar-refractivity contribution in [2.24, 2.45) is 0 Å². The van der Waals surface area contributed by atoms with Crippen LogP contribution in [-0.2, 0) is 4.74 Å². The molecule has 3 atom stereocenters. The molecule has 7 nitrogen and oxygen atoms in total. The standard InChI is InChI=1S/C12H16FN5O2/c1-17(2)10-9-11(15-5-14-10)18(6-16-9)12-8(13)3-7(4-19)20-12/h5-8,12,19H,3-4H2,1-2H3/t7-,8+,12+/m0/s1. The van der Waals surface area contributed by atoms with Crippen molar-refractivity contribution in [1.82, 2.24) is 19.5 Å². The Kier molecular flexibility index (Phi) is 3.27. The van der Waals surface area contributed by atoms with E-state index in [1.165, 1.54) is 12.7 Å². The van der Waals surface area contributed by atoms with E-state index in [1.54, 1.807) is 4.57 Å². The van der Waals surface area contributed by atoms with E-state index in [2.05, 4.69) is 15.0 Å². The largest absolute Gasteiger partial charge is 0.394 e. The SMILES string of the molecule is CN(C)c1ncnc2c1ncn2[C@@H]1O[C@H](CO)C[C@H]1F. The van der Waals surface area contributed by atoms with Gasteiger partial charge in [-0.3, -0.25) is 4.57 Å². The fourth-order valence-corrected chi connectivity index (χ4v) is 2.42. The van der Waals surface area contributed by atoms with Gasteiger partial charge in [-0.15, -0.1) is 0 Å². The van der Waals surface area contributed by atoms with Crippen LogP contribution in [0.5, 0.6) is 0 Å². The van der Waals surface area contributed by atoms with Gasteiger partial charge in [-0.05, 0) is 0 Å². The Labute approximate surface area is 115 Å². The van der Waals surface area contributed by atoms with Crippen LogP contribution in [0.4, 0.5) is 10.2 Å². The Morgan fingerprint density at radius 3 is 2.90 bits per heavy atom. The summed E-state index contributed by atoms with van der Waals surface area (Å²) in [5.74, 6) is 0.667. The maximum Gasteiger partial charge on any atom is 0.168 e. The van der Waals surface area contributed by atoms with Crippen LogP contribution in [-0.4, -0.2) is 57.6 Å². The minimum atomic E-state index is -1.19. The van der Waals surface area contributed by atoms with E-state index >= 15 is 0 Å². The van der Waals surface area contributed by atoms with Gasteiger partial charge in [0.15, 0.2) is 23.2 Å². The van der Waals surface area contributed by atoms with Gasteiger partial charge in [0.05, 0.1) is 19.0 Å². The molecule has 1 fully saturated rings. The molecule has 0 bridgehead atoms. The van der Waals surface area contributed by atoms with Gasteiger partial charge >= 0.3 is 0 Å². The number of aliphatic hydroxyl groups excluding tert-OH is 1. The van der Waals surface area contributed by atoms with Gasteiger partial charge in [0.2, 0.25) is 0 Å². The molecule has 0 radical (unpaired) electrons. The highest BCUT2D eigenvalue weighted by Crippen LogP contribution is 2.33. The lowest BCUT2D eigenvalue weighted by atomic mass is 10.2. The van der Waals surface area contributed by atoms with E-state index in [0.29, 0.717) is 17.0 Å². The zero-order valence-corrected chi connectivity index (χ0v) is 11.3. The number of alkyl halides is 1. The molecule has 1 saturated heterocycles. The smallest absolute Gasteiger partial charge is 0.168 e. The molecule has 0 aliphatic carbocycles. The van der Waals surface area contributed by atoms with Crippen LogP contribution in [0.1, 0.15) is 12.6 Å². The second-order valence-corrected chi connectivity index (χ2v) is 5.00. The van der Waals surface area contributed by atoms with Gasteiger partial charge in [0, 0.05) is 20.5 Å². The van der Waals surface area contributed by atoms with E-state index < -0.39 is 18.5 Å². The molecule has 20 heavy (non-hydrogen) atoms. The summed E-state index contributed by atoms with van der Waals surface area (Å²) in [7, 11) is 3.71. The number of aliphatic hydroxyl groups is 1. The molecule has 1 aliphatic rings. The predicted octanol–water partition coefficient (Wildman–Crippen LogP) is 0.510. The summed E-state index contributed by atoms with van der Waals surface area (Å²) in [6.07, 6.45) is 0.615. The lowest BCUT2D eigenvalue weighted by Gasteiger charge is -2.16. The number of hydrogen-bond donors (Lipinski definition) is 1. The maximum absolute atomic E-state index is 14.0. The fraction of sp³-hybridized carbons (Fsp3) is 0.583. The van der Waals surface area contributed by atoms with Crippen molar-refractivity contribution in [3.63, 3.8) is 0 Å². The summed E-state index contributed by atoms with van der Waals surface area (Å²) in [4.78, 5) is 14.4. The molecule has 3 heterocycles. The first-order valence-electron chi connectivity index (χ1n) is 6.37. The maximum atomic E-state index is 14.0. The van der Waals surface area contributed by atoms with Crippen molar-refractivity contribution in [1.29, 1.82) is 0 Å². The monoisotopic (exact) mass is 281 g/mol. The number of imidazole rings is 1. The fourth-order valence-electron chi connectivity index (χ4n) is 2.42. The molecule has 1 N–H and O–H groups in total. The van der Waals surface area contributed by atoms with Gasteiger partial charge in [-0.1, -0.05) is 0 Å². The van der Waals surface area contributed by atoms with Crippen LogP contribution in [0.25, 0.3) is 11.2 Å². The average molecular weight is 281 g/mol. The van der Waals surface area contributed by atoms with Crippen LogP contribution in [0.2, 0.25) is 0 Å². The molecular formula is C12H16FN5O2. The Balaban J connectivity index is 2.03. The minimum absolute atomic E-state index is 0.173. The highest BCUT2D eigenvalue weighted by molar-refractivity contribution is 5.83. The molecule has 108 valence electrons. The second-order valence-electron chi connectivity index (χ2n) is 5.00. The third kappa shape index (κ3) is 2.01. The lowest BCUT2D eigenvalue weighted by Crippen LogP contribution is -2.17. The molecule has 3 rings (SSSR count). The number of hydrogen-bond acceptors (Lipinski definition) is 6. The molecule has 2 aromatic rings. The van der Waals surface area contributed by atoms with E-state index in [0.717, 1.165) is 0 Å². The molecule has 0 unspecified atom stereocenters. The van der Waals surface area contributed by atoms with Crippen LogP contribution < -0.4 is 4.90 Å². The minimum Gasteiger partial charge on any atom is -0.394 e. The third-order valence-electron chi connectivity index (χ3n) is 3.37. The molecule has 2 aromatic heterocycles. The Morgan fingerprint density at radius 2 is 2.25 bits per heavy atom. The molecule has 0 spiro atoms. The van der Waals surface area contributed by atoms with E-state index in [-0.39, 0.29) is 13.0 Å². The lowest BCUT2D eigenvalue weighted by molar-refractivity contribution is -0.0351. The van der Waals surface area contributed by atoms with Crippen molar-refractivity contribution in [3.05, 3.63) is 12.7 Å². The number of rotatable bonds is 3. The molecular weight excluding hydrogens is 265 g/mol. The number of halogens is 1. The zero-order chi connectivity index (χ0) is 14.3. The van der Waals surface area contributed by atoms with Gasteiger partial charge in [0.25, 0.3) is 0 Å². The van der Waals surface area contributed by atoms with Gasteiger partial charge in [-0.25, -0.2) is 19.3 Å². The van der Waals surface area contributed by atoms with E-state index in [1.807, 2.05) is 19.0 Å². The van der Waals surface area contributed by atoms with Crippen LogP contribution in [0, 0.1) is 0 Å². The summed E-state index contributed by atoms with van der Waals surface area (Å²) in [6.45, 7) is -0.193. The third-order valence-corrected chi connectivity index (χ3v) is 3.37. The van der Waals surface area contributed by atoms with Gasteiger partial charge < -0.3 is 14.7 Å². The normalized spacial score (nSPS) is 26.3. The zero-order valence-electron chi connectivity index (χ0n) is 11.3. The van der Waals surface area contributed by atoms with Gasteiger partial charge in [-0.2, -0.15) is 0 Å². The van der Waals surface area contributed by atoms with Crippen LogP contribution >= 0.6 is 0 Å². The predicted molar refractivity (Wildman–Crippen MR) is 70.2 cm³/mol. The highest BCUT2D eigenvalue weighted by Gasteiger charge is 2.37. The second kappa shape index (κ2) is 4.95. The summed E-state index contributed by atoms with van der Waals surface area (Å²) < 4.78 is 21.1. The number of anilines is 1.